The smallest absolute Gasteiger partial charge is 0 e. The van der Waals surface area contributed by atoms with Crippen LogP contribution >= 0.6 is 33.0 Å². The van der Waals surface area contributed by atoms with Gasteiger partial charge in [0.15, 0.2) is 0 Å². The SMILES string of the molecule is Cl.Cl.[C-]1=PC=C1.[Zr].[c-]1ccccc1.[c-]1ccccc1.[c-]1ccccc1.c1cc[cH-]c1. The maximum Gasteiger partial charge on any atom is 0 e. The predicted octanol–water partition coefficient (Wildman–Crippen LogP) is 7.85. The summed E-state index contributed by atoms with van der Waals surface area (Å²) >= 11 is 0. The van der Waals surface area contributed by atoms with Crippen LogP contribution in [0.4, 0.5) is 0 Å². The third-order valence-electron chi connectivity index (χ3n) is 2.68. The van der Waals surface area contributed by atoms with Gasteiger partial charge in [-0.05, 0) is 0 Å². The van der Waals surface area contributed by atoms with Crippen molar-refractivity contribution in [3.63, 3.8) is 0 Å². The Bertz CT molecular complexity index is 585. The molecule has 0 saturated carbocycles. The van der Waals surface area contributed by atoms with Crippen LogP contribution < -0.4 is 0 Å². The Morgan fingerprint density at radius 2 is 0.767 bits per heavy atom. The van der Waals surface area contributed by atoms with Gasteiger partial charge in [0, 0.05) is 26.2 Å². The molecule has 1 aliphatic heterocycles. The molecule has 0 nitrogen and oxygen atoms in total. The summed E-state index contributed by atoms with van der Waals surface area (Å²) in [5, 5.41) is 0. The van der Waals surface area contributed by atoms with Gasteiger partial charge < -0.3 is 0 Å². The van der Waals surface area contributed by atoms with Crippen molar-refractivity contribution in [2.75, 3.05) is 0 Å². The number of rotatable bonds is 0. The molecule has 30 heavy (non-hydrogen) atoms. The minimum atomic E-state index is 0. The van der Waals surface area contributed by atoms with E-state index in [0.29, 0.717) is 0 Å². The number of benzene rings is 3. The summed E-state index contributed by atoms with van der Waals surface area (Å²) < 4.78 is 0. The molecule has 4 aromatic carbocycles. The van der Waals surface area contributed by atoms with Crippen LogP contribution in [0, 0.1) is 18.2 Å². The molecule has 4 aromatic rings. The van der Waals surface area contributed by atoms with Gasteiger partial charge in [0.25, 0.3) is 0 Å². The molecule has 0 aliphatic carbocycles. The molecule has 0 saturated heterocycles. The van der Waals surface area contributed by atoms with Gasteiger partial charge in [-0.15, -0.1) is 24.8 Å². The van der Waals surface area contributed by atoms with E-state index in [4.69, 9.17) is 0 Å². The first-order valence-corrected chi connectivity index (χ1v) is 9.47. The average molecular weight is 530 g/mol. The number of hydrogen-bond donors (Lipinski definition) is 0. The summed E-state index contributed by atoms with van der Waals surface area (Å²) in [5.41, 5.74) is 0. The summed E-state index contributed by atoms with van der Waals surface area (Å²) in [6.45, 7) is 0. The van der Waals surface area contributed by atoms with Crippen LogP contribution in [0.15, 0.2) is 133 Å². The van der Waals surface area contributed by atoms with E-state index in [0.717, 1.165) is 0 Å². The first-order chi connectivity index (χ1) is 13.5. The van der Waals surface area contributed by atoms with Crippen molar-refractivity contribution in [2.45, 2.75) is 0 Å². The molecule has 0 N–H and O–H groups in total. The molecule has 0 unspecified atom stereocenters. The van der Waals surface area contributed by atoms with Crippen molar-refractivity contribution in [2.24, 2.45) is 0 Å². The Balaban J connectivity index is -0.000000298. The van der Waals surface area contributed by atoms with Crippen molar-refractivity contribution in [1.29, 1.82) is 0 Å². The standard InChI is InChI=1S/3C6H5.C5H5.C3H2P.2ClH.Zr/c3*1-2-4-6-5-3-1;1-2-4-5-3-1;1-2-4-3-1;;;/h3*1-5H;1-5H;1-2H;2*1H;/q5*-1;;;. The van der Waals surface area contributed by atoms with Gasteiger partial charge in [-0.1, -0.05) is 0 Å². The molecule has 0 bridgehead atoms. The minimum Gasteiger partial charge on any atom is -0.293 e. The molecule has 1 heterocycles. The second-order valence-corrected chi connectivity index (χ2v) is 5.58. The number of allylic oxidation sites excluding steroid dienone is 1. The van der Waals surface area contributed by atoms with Crippen LogP contribution in [0.3, 0.4) is 0 Å². The monoisotopic (exact) mass is 527 g/mol. The number of hydrogen-bond acceptors (Lipinski definition) is 0. The van der Waals surface area contributed by atoms with E-state index < -0.39 is 0 Å². The van der Waals surface area contributed by atoms with E-state index in [2.05, 4.69) is 24.0 Å². The maximum atomic E-state index is 2.90. The maximum absolute atomic E-state index is 2.90. The zero-order valence-electron chi connectivity index (χ0n) is 16.5. The van der Waals surface area contributed by atoms with Crippen LogP contribution in [0.1, 0.15) is 0 Å². The van der Waals surface area contributed by atoms with E-state index >= 15 is 0 Å². The summed E-state index contributed by atoms with van der Waals surface area (Å²) in [6.07, 6.45) is 1.92. The minimum absolute atomic E-state index is 0. The molecule has 0 amide bonds. The normalized spacial score (nSPS) is 8.80. The van der Waals surface area contributed by atoms with Crippen molar-refractivity contribution in [3.05, 3.63) is 151 Å². The quantitative estimate of drug-likeness (QED) is 0.161. The molecular formula is C26H24Cl2PZr-5. The zero-order valence-corrected chi connectivity index (χ0v) is 21.5. The Hall–Kier alpha value is -1.62. The van der Waals surface area contributed by atoms with E-state index in [1.54, 1.807) is 0 Å². The Labute approximate surface area is 215 Å². The van der Waals surface area contributed by atoms with Crippen LogP contribution in [0.2, 0.25) is 0 Å². The third-order valence-corrected chi connectivity index (χ3v) is 3.27. The fourth-order valence-corrected chi connectivity index (χ4v) is 1.57. The van der Waals surface area contributed by atoms with Crippen LogP contribution in [-0.2, 0) is 26.2 Å². The summed E-state index contributed by atoms with van der Waals surface area (Å²) in [5.74, 6) is 4.94. The fraction of sp³-hybridized carbons (Fsp3) is 0. The van der Waals surface area contributed by atoms with Gasteiger partial charge in [-0.2, -0.15) is 127 Å². The Morgan fingerprint density at radius 3 is 0.833 bits per heavy atom. The topological polar surface area (TPSA) is 0 Å². The molecule has 0 radical (unpaired) electrons. The summed E-state index contributed by atoms with van der Waals surface area (Å²) in [6, 6.07) is 47.5. The molecule has 0 spiro atoms. The predicted molar refractivity (Wildman–Crippen MR) is 133 cm³/mol. The van der Waals surface area contributed by atoms with E-state index in [-0.39, 0.29) is 51.0 Å². The van der Waals surface area contributed by atoms with Crippen molar-refractivity contribution >= 4 is 38.8 Å². The molecule has 156 valence electrons. The molecular weight excluding hydrogens is 505 g/mol. The largest absolute Gasteiger partial charge is 0.293 e. The first kappa shape index (κ1) is 33.0. The number of halogens is 2. The Kier molecular flexibility index (Phi) is 32.6. The van der Waals surface area contributed by atoms with Gasteiger partial charge in [0.05, 0.1) is 0 Å². The fourth-order valence-electron chi connectivity index (χ4n) is 1.42. The van der Waals surface area contributed by atoms with Gasteiger partial charge in [0.2, 0.25) is 0 Å². The van der Waals surface area contributed by atoms with E-state index in [1.807, 2.05) is 133 Å². The molecule has 4 heteroatoms. The van der Waals surface area contributed by atoms with E-state index in [9.17, 15) is 0 Å². The van der Waals surface area contributed by atoms with Crippen molar-refractivity contribution in [3.8, 4) is 0 Å². The van der Waals surface area contributed by atoms with Gasteiger partial charge in [-0.25, -0.2) is 29.8 Å². The van der Waals surface area contributed by atoms with Crippen LogP contribution in [0.25, 0.3) is 0 Å². The molecule has 1 aliphatic rings. The molecule has 5 rings (SSSR count). The van der Waals surface area contributed by atoms with Gasteiger partial charge in [0.1, 0.15) is 0 Å². The van der Waals surface area contributed by atoms with Crippen molar-refractivity contribution in [1.82, 2.24) is 0 Å². The molecule has 0 aromatic heterocycles. The second-order valence-electron chi connectivity index (χ2n) is 4.77. The molecule has 0 fully saturated rings. The third kappa shape index (κ3) is 26.4. The van der Waals surface area contributed by atoms with Crippen LogP contribution in [-0.4, -0.2) is 5.80 Å². The second kappa shape index (κ2) is 29.6. The molecule has 0 atom stereocenters. The summed E-state index contributed by atoms with van der Waals surface area (Å²) in [4.78, 5) is 0. The zero-order chi connectivity index (χ0) is 19.1. The van der Waals surface area contributed by atoms with Crippen molar-refractivity contribution < 1.29 is 26.2 Å². The van der Waals surface area contributed by atoms with Gasteiger partial charge >= 0.3 is 0 Å². The van der Waals surface area contributed by atoms with E-state index in [1.165, 1.54) is 8.20 Å². The van der Waals surface area contributed by atoms with Crippen LogP contribution in [0.5, 0.6) is 0 Å². The first-order valence-electron chi connectivity index (χ1n) is 8.50. The Morgan fingerprint density at radius 1 is 0.500 bits per heavy atom. The summed E-state index contributed by atoms with van der Waals surface area (Å²) in [7, 11) is 1.25. The van der Waals surface area contributed by atoms with Gasteiger partial charge in [-0.3, -0.25) is 8.20 Å². The average Bonchev–Trinajstić information content (AvgIpc) is 3.32.